The molecule has 0 aliphatic heterocycles. The zero-order chi connectivity index (χ0) is 20.9. The monoisotopic (exact) mass is 404 g/mol. The van der Waals surface area contributed by atoms with E-state index in [9.17, 15) is 24.9 Å². The fraction of sp³-hybridized carbons (Fsp3) is 0.652. The van der Waals surface area contributed by atoms with Gasteiger partial charge >= 0.3 is 5.97 Å². The highest BCUT2D eigenvalue weighted by Crippen LogP contribution is 2.50. The number of carbonyl (C=O) groups excluding carboxylic acids is 1. The molecule has 6 nitrogen and oxygen atoms in total. The number of phenolic OH excluding ortho intramolecular Hbond substituents is 2. The molecule has 0 atom stereocenters. The summed E-state index contributed by atoms with van der Waals surface area (Å²) >= 11 is 0. The normalized spacial score (nSPS) is 18.2. The second-order valence-corrected chi connectivity index (χ2v) is 8.82. The first-order valence-corrected chi connectivity index (χ1v) is 10.8. The number of unbranched alkanes of at least 4 members (excludes halogenated alkanes) is 3. The maximum atomic E-state index is 11.2. The molecule has 0 amide bonds. The van der Waals surface area contributed by atoms with Gasteiger partial charge in [0, 0.05) is 5.56 Å². The summed E-state index contributed by atoms with van der Waals surface area (Å²) in [5.74, 6) is -0.364. The average molecular weight is 405 g/mol. The molecule has 6 heteroatoms. The average Bonchev–Trinajstić information content (AvgIpc) is 3.60. The van der Waals surface area contributed by atoms with Crippen LogP contribution in [-0.4, -0.2) is 33.4 Å². The van der Waals surface area contributed by atoms with E-state index in [1.165, 1.54) is 0 Å². The van der Waals surface area contributed by atoms with Crippen LogP contribution in [0.1, 0.15) is 81.8 Å². The van der Waals surface area contributed by atoms with Crippen molar-refractivity contribution in [2.45, 2.75) is 89.1 Å². The number of carbonyl (C=O) groups is 2. The van der Waals surface area contributed by atoms with Crippen LogP contribution >= 0.6 is 0 Å². The topological polar surface area (TPSA) is 104 Å². The zero-order valence-corrected chi connectivity index (χ0v) is 17.0. The molecule has 2 saturated carbocycles. The van der Waals surface area contributed by atoms with Crippen molar-refractivity contribution in [3.05, 3.63) is 23.3 Å². The van der Waals surface area contributed by atoms with E-state index in [-0.39, 0.29) is 17.1 Å². The summed E-state index contributed by atoms with van der Waals surface area (Å²) in [6.07, 6.45) is 10.7. The summed E-state index contributed by atoms with van der Waals surface area (Å²) in [7, 11) is 0. The molecular formula is C23H32O6. The quantitative estimate of drug-likeness (QED) is 0.312. The Kier molecular flexibility index (Phi) is 6.70. The molecule has 0 bridgehead atoms. The number of rotatable bonds is 14. The maximum Gasteiger partial charge on any atom is 0.309 e. The Balaban J connectivity index is 1.42. The van der Waals surface area contributed by atoms with E-state index in [1.54, 1.807) is 12.1 Å². The van der Waals surface area contributed by atoms with Gasteiger partial charge in [-0.2, -0.15) is 0 Å². The van der Waals surface area contributed by atoms with Crippen molar-refractivity contribution in [2.24, 2.45) is 5.41 Å². The number of aliphatic carboxylic acids is 1. The van der Waals surface area contributed by atoms with Gasteiger partial charge in [-0.05, 0) is 82.3 Å². The number of hydrogen-bond acceptors (Lipinski definition) is 5. The van der Waals surface area contributed by atoms with Crippen molar-refractivity contribution in [3.63, 3.8) is 0 Å². The summed E-state index contributed by atoms with van der Waals surface area (Å²) in [5.41, 5.74) is 0.711. The molecule has 3 N–H and O–H groups in total. The van der Waals surface area contributed by atoms with Gasteiger partial charge in [0.1, 0.15) is 17.1 Å². The van der Waals surface area contributed by atoms with E-state index in [4.69, 9.17) is 4.74 Å². The van der Waals surface area contributed by atoms with Crippen molar-refractivity contribution < 1.29 is 29.6 Å². The summed E-state index contributed by atoms with van der Waals surface area (Å²) < 4.78 is 5.15. The van der Waals surface area contributed by atoms with E-state index in [2.05, 4.69) is 0 Å². The fourth-order valence-electron chi connectivity index (χ4n) is 4.22. The number of carboxylic acid groups (broad SMARTS) is 1. The molecule has 1 aromatic carbocycles. The van der Waals surface area contributed by atoms with Crippen LogP contribution in [0.25, 0.3) is 0 Å². The van der Waals surface area contributed by atoms with Crippen molar-refractivity contribution in [1.29, 1.82) is 0 Å². The van der Waals surface area contributed by atoms with E-state index >= 15 is 0 Å². The predicted molar refractivity (Wildman–Crippen MR) is 108 cm³/mol. The third kappa shape index (κ3) is 5.43. The number of phenols is 2. The Morgan fingerprint density at radius 2 is 1.66 bits per heavy atom. The third-order valence-electron chi connectivity index (χ3n) is 6.67. The predicted octanol–water partition coefficient (Wildman–Crippen LogP) is 4.48. The lowest BCUT2D eigenvalue weighted by atomic mass is 9.95. The van der Waals surface area contributed by atoms with E-state index in [0.717, 1.165) is 82.6 Å². The Bertz CT molecular complexity index is 733. The number of aromatic hydroxyl groups is 2. The van der Waals surface area contributed by atoms with Gasteiger partial charge in [0.15, 0.2) is 0 Å². The lowest BCUT2D eigenvalue weighted by Crippen LogP contribution is -2.14. The number of benzene rings is 1. The summed E-state index contributed by atoms with van der Waals surface area (Å²) in [6.45, 7) is 0.528. The molecule has 3 rings (SSSR count). The van der Waals surface area contributed by atoms with Crippen LogP contribution in [0.4, 0.5) is 0 Å². The Hall–Kier alpha value is -2.24. The van der Waals surface area contributed by atoms with Gasteiger partial charge in [0.2, 0.25) is 0 Å². The number of aryl methyl sites for hydroxylation is 1. The minimum Gasteiger partial charge on any atom is -0.508 e. The second kappa shape index (κ2) is 9.06. The Morgan fingerprint density at radius 1 is 0.966 bits per heavy atom. The molecule has 0 saturated heterocycles. The van der Waals surface area contributed by atoms with E-state index < -0.39 is 11.4 Å². The van der Waals surface area contributed by atoms with E-state index in [0.29, 0.717) is 18.5 Å². The molecule has 0 radical (unpaired) electrons. The molecule has 0 spiro atoms. The van der Waals surface area contributed by atoms with Crippen molar-refractivity contribution in [3.8, 4) is 11.5 Å². The van der Waals surface area contributed by atoms with E-state index in [1.807, 2.05) is 0 Å². The molecule has 2 fully saturated rings. The third-order valence-corrected chi connectivity index (χ3v) is 6.67. The highest BCUT2D eigenvalue weighted by Gasteiger charge is 2.49. The lowest BCUT2D eigenvalue weighted by molar-refractivity contribution is -0.143. The van der Waals surface area contributed by atoms with Crippen LogP contribution in [0.15, 0.2) is 12.1 Å². The highest BCUT2D eigenvalue weighted by molar-refractivity contribution is 5.77. The minimum absolute atomic E-state index is 0.119. The highest BCUT2D eigenvalue weighted by atomic mass is 16.5. The van der Waals surface area contributed by atoms with Crippen LogP contribution in [0.3, 0.4) is 0 Å². The first kappa shape index (κ1) is 21.5. The largest absolute Gasteiger partial charge is 0.508 e. The number of hydrogen-bond donors (Lipinski definition) is 3. The molecule has 29 heavy (non-hydrogen) atoms. The van der Waals surface area contributed by atoms with Gasteiger partial charge in [-0.15, -0.1) is 0 Å². The summed E-state index contributed by atoms with van der Waals surface area (Å²) in [4.78, 5) is 21.7. The van der Waals surface area contributed by atoms with Crippen LogP contribution in [-0.2, 0) is 27.2 Å². The first-order chi connectivity index (χ1) is 13.9. The van der Waals surface area contributed by atoms with Crippen LogP contribution in [0.5, 0.6) is 11.5 Å². The minimum atomic E-state index is -0.663. The molecule has 2 aliphatic rings. The Labute approximate surface area is 171 Å². The van der Waals surface area contributed by atoms with Crippen molar-refractivity contribution >= 4 is 12.4 Å². The van der Waals surface area contributed by atoms with Gasteiger partial charge in [0.25, 0.3) is 6.47 Å². The van der Waals surface area contributed by atoms with Crippen molar-refractivity contribution in [1.82, 2.24) is 0 Å². The summed E-state index contributed by atoms with van der Waals surface area (Å²) in [6, 6.07) is 3.41. The first-order valence-electron chi connectivity index (χ1n) is 10.8. The van der Waals surface area contributed by atoms with Gasteiger partial charge < -0.3 is 20.1 Å². The molecule has 0 heterocycles. The molecule has 0 aromatic heterocycles. The fourth-order valence-corrected chi connectivity index (χ4v) is 4.22. The number of ether oxygens (including phenoxy) is 1. The Morgan fingerprint density at radius 3 is 2.28 bits per heavy atom. The standard InChI is InChI=1S/C23H32O6/c24-16-29-23(14-15-23)11-5-3-7-18-19(25)9-8-17(20(18)26)6-2-1-4-10-22(12-13-22)21(27)28/h8-9,16,25-26H,1-7,10-15H2,(H,27,28). The smallest absolute Gasteiger partial charge is 0.309 e. The van der Waals surface area contributed by atoms with Gasteiger partial charge in [-0.25, -0.2) is 0 Å². The molecule has 0 unspecified atom stereocenters. The van der Waals surface area contributed by atoms with Gasteiger partial charge in [0.05, 0.1) is 5.41 Å². The number of carboxylic acids is 1. The SMILES string of the molecule is O=COC1(CCCCc2c(O)ccc(CCCCCC3(C(=O)O)CC3)c2O)CC1. The molecule has 1 aromatic rings. The van der Waals surface area contributed by atoms with Crippen molar-refractivity contribution in [2.75, 3.05) is 0 Å². The van der Waals surface area contributed by atoms with Crippen LogP contribution < -0.4 is 0 Å². The van der Waals surface area contributed by atoms with Crippen LogP contribution in [0, 0.1) is 5.41 Å². The molecular weight excluding hydrogens is 372 g/mol. The van der Waals surface area contributed by atoms with Gasteiger partial charge in [-0.3, -0.25) is 9.59 Å². The molecule has 2 aliphatic carbocycles. The van der Waals surface area contributed by atoms with Crippen LogP contribution in [0.2, 0.25) is 0 Å². The van der Waals surface area contributed by atoms with Gasteiger partial charge in [-0.1, -0.05) is 18.9 Å². The maximum absolute atomic E-state index is 11.2. The second-order valence-electron chi connectivity index (χ2n) is 8.82. The lowest BCUT2D eigenvalue weighted by Gasteiger charge is -2.14. The zero-order valence-electron chi connectivity index (χ0n) is 17.0. The summed E-state index contributed by atoms with van der Waals surface area (Å²) in [5, 5.41) is 29.9. The molecule has 160 valence electrons.